The molecule has 0 aromatic heterocycles. The van der Waals surface area contributed by atoms with E-state index in [1.54, 1.807) is 12.1 Å². The van der Waals surface area contributed by atoms with Crippen LogP contribution in [-0.2, 0) is 11.2 Å². The molecule has 0 N–H and O–H groups in total. The van der Waals surface area contributed by atoms with Gasteiger partial charge in [0.25, 0.3) is 0 Å². The first kappa shape index (κ1) is 13.6. The standard InChI is InChI=1S/C16H14BrFO2/c17-14-6-5-12(9-15(14)18)20-10-16-13-4-2-1-3-11(13)7-8-19-16/h1-6,9,16H,7-8,10H2. The second-order valence-corrected chi connectivity index (χ2v) is 5.55. The van der Waals surface area contributed by atoms with E-state index in [9.17, 15) is 4.39 Å². The van der Waals surface area contributed by atoms with E-state index >= 15 is 0 Å². The van der Waals surface area contributed by atoms with Gasteiger partial charge in [-0.05, 0) is 45.6 Å². The van der Waals surface area contributed by atoms with E-state index in [1.165, 1.54) is 11.6 Å². The van der Waals surface area contributed by atoms with Gasteiger partial charge < -0.3 is 9.47 Å². The number of hydrogen-bond acceptors (Lipinski definition) is 2. The molecule has 1 atom stereocenters. The van der Waals surface area contributed by atoms with Crippen LogP contribution in [-0.4, -0.2) is 13.2 Å². The Morgan fingerprint density at radius 3 is 2.95 bits per heavy atom. The molecular formula is C16H14BrFO2. The van der Waals surface area contributed by atoms with Crippen LogP contribution in [0, 0.1) is 5.82 Å². The van der Waals surface area contributed by atoms with Gasteiger partial charge in [0.1, 0.15) is 24.3 Å². The number of halogens is 2. The molecular weight excluding hydrogens is 323 g/mol. The molecule has 0 aliphatic carbocycles. The van der Waals surface area contributed by atoms with E-state index < -0.39 is 0 Å². The third-order valence-electron chi connectivity index (χ3n) is 3.38. The highest BCUT2D eigenvalue weighted by Gasteiger charge is 2.21. The SMILES string of the molecule is Fc1cc(OCC2OCCc3ccccc32)ccc1Br. The van der Waals surface area contributed by atoms with E-state index in [2.05, 4.69) is 28.1 Å². The van der Waals surface area contributed by atoms with Crippen molar-refractivity contribution < 1.29 is 13.9 Å². The number of fused-ring (bicyclic) bond motifs is 1. The van der Waals surface area contributed by atoms with Crippen molar-refractivity contribution in [3.05, 3.63) is 63.9 Å². The monoisotopic (exact) mass is 336 g/mol. The zero-order chi connectivity index (χ0) is 13.9. The summed E-state index contributed by atoms with van der Waals surface area (Å²) >= 11 is 3.12. The Morgan fingerprint density at radius 1 is 1.25 bits per heavy atom. The predicted octanol–water partition coefficient (Wildman–Crippen LogP) is 4.28. The van der Waals surface area contributed by atoms with E-state index in [-0.39, 0.29) is 11.9 Å². The summed E-state index contributed by atoms with van der Waals surface area (Å²) in [5, 5.41) is 0. The average Bonchev–Trinajstić information content (AvgIpc) is 2.48. The van der Waals surface area contributed by atoms with Crippen molar-refractivity contribution in [1.29, 1.82) is 0 Å². The molecule has 0 saturated heterocycles. The summed E-state index contributed by atoms with van der Waals surface area (Å²) in [6.07, 6.45) is 0.839. The van der Waals surface area contributed by atoms with Crippen molar-refractivity contribution in [1.82, 2.24) is 0 Å². The Hall–Kier alpha value is -1.39. The Morgan fingerprint density at radius 2 is 2.10 bits per heavy atom. The number of benzene rings is 2. The quantitative estimate of drug-likeness (QED) is 0.832. The van der Waals surface area contributed by atoms with Crippen molar-refractivity contribution in [2.75, 3.05) is 13.2 Å². The van der Waals surface area contributed by atoms with Crippen LogP contribution in [0.5, 0.6) is 5.75 Å². The van der Waals surface area contributed by atoms with Gasteiger partial charge in [-0.25, -0.2) is 4.39 Å². The minimum Gasteiger partial charge on any atom is -0.490 e. The van der Waals surface area contributed by atoms with Crippen LogP contribution in [0.25, 0.3) is 0 Å². The summed E-state index contributed by atoms with van der Waals surface area (Å²) in [7, 11) is 0. The maximum absolute atomic E-state index is 13.4. The number of rotatable bonds is 3. The summed E-state index contributed by atoms with van der Waals surface area (Å²) in [6.45, 7) is 1.08. The van der Waals surface area contributed by atoms with Crippen LogP contribution in [0.3, 0.4) is 0 Å². The van der Waals surface area contributed by atoms with Gasteiger partial charge in [0.15, 0.2) is 0 Å². The molecule has 2 nitrogen and oxygen atoms in total. The highest BCUT2D eigenvalue weighted by Crippen LogP contribution is 2.28. The maximum Gasteiger partial charge on any atom is 0.141 e. The molecule has 4 heteroatoms. The van der Waals surface area contributed by atoms with E-state index in [0.717, 1.165) is 12.0 Å². The highest BCUT2D eigenvalue weighted by molar-refractivity contribution is 9.10. The van der Waals surface area contributed by atoms with Gasteiger partial charge in [0, 0.05) is 6.07 Å². The molecule has 3 rings (SSSR count). The molecule has 1 heterocycles. The lowest BCUT2D eigenvalue weighted by molar-refractivity contribution is 0.0101. The molecule has 104 valence electrons. The van der Waals surface area contributed by atoms with E-state index in [4.69, 9.17) is 9.47 Å². The van der Waals surface area contributed by atoms with Crippen molar-refractivity contribution in [3.63, 3.8) is 0 Å². The lowest BCUT2D eigenvalue weighted by atomic mass is 9.98. The summed E-state index contributed by atoms with van der Waals surface area (Å²) in [5.41, 5.74) is 2.46. The lowest BCUT2D eigenvalue weighted by Gasteiger charge is -2.26. The van der Waals surface area contributed by atoms with Gasteiger partial charge in [-0.3, -0.25) is 0 Å². The van der Waals surface area contributed by atoms with Gasteiger partial charge in [0.05, 0.1) is 11.1 Å². The molecule has 2 aromatic carbocycles. The highest BCUT2D eigenvalue weighted by atomic mass is 79.9. The first-order valence-electron chi connectivity index (χ1n) is 6.51. The van der Waals surface area contributed by atoms with Gasteiger partial charge in [-0.1, -0.05) is 24.3 Å². The maximum atomic E-state index is 13.4. The topological polar surface area (TPSA) is 18.5 Å². The van der Waals surface area contributed by atoms with Crippen LogP contribution in [0.1, 0.15) is 17.2 Å². The Balaban J connectivity index is 1.71. The summed E-state index contributed by atoms with van der Waals surface area (Å²) in [4.78, 5) is 0. The Bertz CT molecular complexity index is 615. The summed E-state index contributed by atoms with van der Waals surface area (Å²) < 4.78 is 25.3. The van der Waals surface area contributed by atoms with Crippen LogP contribution in [0.2, 0.25) is 0 Å². The van der Waals surface area contributed by atoms with Crippen LogP contribution >= 0.6 is 15.9 Å². The molecule has 0 radical (unpaired) electrons. The zero-order valence-corrected chi connectivity index (χ0v) is 12.4. The first-order chi connectivity index (χ1) is 9.74. The summed E-state index contributed by atoms with van der Waals surface area (Å²) in [5.74, 6) is 0.185. The predicted molar refractivity (Wildman–Crippen MR) is 78.4 cm³/mol. The molecule has 20 heavy (non-hydrogen) atoms. The van der Waals surface area contributed by atoms with Crippen LogP contribution in [0.4, 0.5) is 4.39 Å². The molecule has 0 saturated carbocycles. The number of ether oxygens (including phenoxy) is 2. The minimum absolute atomic E-state index is 0.0911. The van der Waals surface area contributed by atoms with E-state index in [0.29, 0.717) is 23.4 Å². The number of hydrogen-bond donors (Lipinski definition) is 0. The second kappa shape index (κ2) is 5.94. The smallest absolute Gasteiger partial charge is 0.141 e. The van der Waals surface area contributed by atoms with Crippen LogP contribution in [0.15, 0.2) is 46.9 Å². The second-order valence-electron chi connectivity index (χ2n) is 4.70. The third-order valence-corrected chi connectivity index (χ3v) is 4.03. The lowest BCUT2D eigenvalue weighted by Crippen LogP contribution is -2.21. The van der Waals surface area contributed by atoms with Crippen molar-refractivity contribution in [2.24, 2.45) is 0 Å². The molecule has 1 aliphatic rings. The Kier molecular flexibility index (Phi) is 4.03. The molecule has 1 aliphatic heterocycles. The molecule has 1 unspecified atom stereocenters. The first-order valence-corrected chi connectivity index (χ1v) is 7.30. The zero-order valence-electron chi connectivity index (χ0n) is 10.8. The van der Waals surface area contributed by atoms with Crippen LogP contribution < -0.4 is 4.74 Å². The molecule has 0 spiro atoms. The fraction of sp³-hybridized carbons (Fsp3) is 0.250. The summed E-state index contributed by atoms with van der Waals surface area (Å²) in [6, 6.07) is 13.0. The van der Waals surface area contributed by atoms with Crippen molar-refractivity contribution in [3.8, 4) is 5.75 Å². The average molecular weight is 337 g/mol. The largest absolute Gasteiger partial charge is 0.490 e. The molecule has 0 fully saturated rings. The van der Waals surface area contributed by atoms with Crippen molar-refractivity contribution in [2.45, 2.75) is 12.5 Å². The van der Waals surface area contributed by atoms with Gasteiger partial charge in [-0.2, -0.15) is 0 Å². The molecule has 0 bridgehead atoms. The van der Waals surface area contributed by atoms with Gasteiger partial charge >= 0.3 is 0 Å². The minimum atomic E-state index is -0.326. The van der Waals surface area contributed by atoms with Crippen molar-refractivity contribution >= 4 is 15.9 Å². The van der Waals surface area contributed by atoms with E-state index in [1.807, 2.05) is 12.1 Å². The molecule has 0 amide bonds. The Labute approximate surface area is 125 Å². The fourth-order valence-electron chi connectivity index (χ4n) is 2.35. The normalized spacial score (nSPS) is 17.6. The van der Waals surface area contributed by atoms with Gasteiger partial charge in [-0.15, -0.1) is 0 Å². The van der Waals surface area contributed by atoms with Gasteiger partial charge in [0.2, 0.25) is 0 Å². The fourth-order valence-corrected chi connectivity index (χ4v) is 2.60. The molecule has 2 aromatic rings. The third kappa shape index (κ3) is 2.86.